The molecular formula is C21H21N5O2S. The number of para-hydroxylation sites is 1. The molecule has 0 bridgehead atoms. The number of nitrogens with zero attached hydrogens (tertiary/aromatic N) is 3. The molecule has 0 radical (unpaired) electrons. The van der Waals surface area contributed by atoms with Crippen LogP contribution in [0.1, 0.15) is 32.3 Å². The Balaban J connectivity index is 1.54. The van der Waals surface area contributed by atoms with Gasteiger partial charge in [0, 0.05) is 5.39 Å². The van der Waals surface area contributed by atoms with Crippen molar-refractivity contribution in [2.75, 3.05) is 5.32 Å². The number of H-pyrrole nitrogens is 1. The van der Waals surface area contributed by atoms with Crippen molar-refractivity contribution in [2.45, 2.75) is 32.7 Å². The van der Waals surface area contributed by atoms with Crippen molar-refractivity contribution in [3.05, 3.63) is 48.0 Å². The van der Waals surface area contributed by atoms with Gasteiger partial charge in [-0.3, -0.25) is 4.79 Å². The van der Waals surface area contributed by atoms with E-state index in [0.29, 0.717) is 11.0 Å². The van der Waals surface area contributed by atoms with Crippen LogP contribution in [0.25, 0.3) is 21.1 Å². The number of azo groups is 1. The van der Waals surface area contributed by atoms with E-state index in [1.54, 1.807) is 6.92 Å². The lowest BCUT2D eigenvalue weighted by molar-refractivity contribution is -0.118. The SMILES string of the molecule is CC(C)c1ccc2[nH]c(O)c(N=NC(=O)[C@H](C)Nc3nc4ccccc4s3)c2c1. The molecule has 0 aliphatic rings. The molecular weight excluding hydrogens is 386 g/mol. The molecule has 29 heavy (non-hydrogen) atoms. The van der Waals surface area contributed by atoms with Gasteiger partial charge in [-0.2, -0.15) is 0 Å². The molecule has 0 aliphatic heterocycles. The maximum atomic E-state index is 12.4. The normalized spacial score (nSPS) is 13.0. The molecule has 0 saturated heterocycles. The third-order valence-corrected chi connectivity index (χ3v) is 5.66. The lowest BCUT2D eigenvalue weighted by Gasteiger charge is -2.07. The summed E-state index contributed by atoms with van der Waals surface area (Å²) in [4.78, 5) is 19.8. The Morgan fingerprint density at radius 1 is 1.21 bits per heavy atom. The topological polar surface area (TPSA) is 103 Å². The van der Waals surface area contributed by atoms with E-state index in [0.717, 1.165) is 26.7 Å². The summed E-state index contributed by atoms with van der Waals surface area (Å²) in [5.41, 5.74) is 3.01. The Hall–Kier alpha value is -3.26. The number of benzene rings is 2. The predicted molar refractivity (Wildman–Crippen MR) is 116 cm³/mol. The first-order valence-electron chi connectivity index (χ1n) is 9.34. The van der Waals surface area contributed by atoms with Crippen LogP contribution in [-0.2, 0) is 4.79 Å². The fourth-order valence-corrected chi connectivity index (χ4v) is 3.96. The van der Waals surface area contributed by atoms with Gasteiger partial charge in [-0.1, -0.05) is 43.4 Å². The zero-order chi connectivity index (χ0) is 20.5. The van der Waals surface area contributed by atoms with Crippen LogP contribution in [0.5, 0.6) is 5.88 Å². The third kappa shape index (κ3) is 3.84. The number of hydrogen-bond donors (Lipinski definition) is 3. The first-order chi connectivity index (χ1) is 13.9. The molecule has 0 saturated carbocycles. The number of carbonyl (C=O) groups is 1. The Bertz CT molecular complexity index is 1190. The molecule has 4 rings (SSSR count). The van der Waals surface area contributed by atoms with E-state index in [-0.39, 0.29) is 11.6 Å². The molecule has 0 fully saturated rings. The molecule has 1 atom stereocenters. The van der Waals surface area contributed by atoms with Crippen LogP contribution in [0.15, 0.2) is 52.7 Å². The molecule has 2 heterocycles. The van der Waals surface area contributed by atoms with Crippen molar-refractivity contribution in [1.29, 1.82) is 0 Å². The number of anilines is 1. The monoisotopic (exact) mass is 407 g/mol. The summed E-state index contributed by atoms with van der Waals surface area (Å²) in [6.07, 6.45) is 0. The Morgan fingerprint density at radius 3 is 2.76 bits per heavy atom. The Kier molecular flexibility index (Phi) is 5.02. The van der Waals surface area contributed by atoms with Crippen LogP contribution < -0.4 is 5.32 Å². The minimum atomic E-state index is -0.599. The molecule has 2 aromatic heterocycles. The van der Waals surface area contributed by atoms with E-state index in [1.165, 1.54) is 11.3 Å². The summed E-state index contributed by atoms with van der Waals surface area (Å²) in [5.74, 6) is -0.219. The lowest BCUT2D eigenvalue weighted by Crippen LogP contribution is -2.23. The summed E-state index contributed by atoms with van der Waals surface area (Å²) >= 11 is 1.48. The highest BCUT2D eigenvalue weighted by molar-refractivity contribution is 7.22. The minimum Gasteiger partial charge on any atom is -0.493 e. The number of rotatable bonds is 5. The average Bonchev–Trinajstić information content (AvgIpc) is 3.24. The molecule has 2 aromatic carbocycles. The average molecular weight is 407 g/mol. The molecule has 0 spiro atoms. The predicted octanol–water partition coefficient (Wildman–Crippen LogP) is 5.72. The standard InChI is InChI=1S/C21H21N5O2S/c1-11(2)13-8-9-15-14(10-13)18(20(28)23-15)25-26-19(27)12(3)22-21-24-16-6-4-5-7-17(16)29-21/h4-12,23,28H,1-3H3,(H,22,24)/t12-/m0/s1. The first kappa shape index (κ1) is 19.1. The molecule has 0 aliphatic carbocycles. The highest BCUT2D eigenvalue weighted by Gasteiger charge is 2.16. The van der Waals surface area contributed by atoms with Crippen LogP contribution in [0.2, 0.25) is 0 Å². The number of thiazole rings is 1. The Morgan fingerprint density at radius 2 is 2.00 bits per heavy atom. The highest BCUT2D eigenvalue weighted by atomic mass is 32.1. The molecule has 7 nitrogen and oxygen atoms in total. The fourth-order valence-electron chi connectivity index (χ4n) is 3.01. The number of aromatic nitrogens is 2. The number of carbonyl (C=O) groups excluding carboxylic acids is 1. The van der Waals surface area contributed by atoms with E-state index >= 15 is 0 Å². The van der Waals surface area contributed by atoms with Gasteiger partial charge in [0.25, 0.3) is 5.91 Å². The summed E-state index contributed by atoms with van der Waals surface area (Å²) in [6.45, 7) is 5.89. The number of aromatic amines is 1. The van der Waals surface area contributed by atoms with Crippen LogP contribution >= 0.6 is 11.3 Å². The van der Waals surface area contributed by atoms with E-state index in [9.17, 15) is 9.90 Å². The summed E-state index contributed by atoms with van der Waals surface area (Å²) < 4.78 is 1.04. The Labute approximate surface area is 171 Å². The van der Waals surface area contributed by atoms with Gasteiger partial charge in [-0.25, -0.2) is 4.98 Å². The molecule has 4 aromatic rings. The third-order valence-electron chi connectivity index (χ3n) is 4.70. The van der Waals surface area contributed by atoms with Gasteiger partial charge in [-0.05, 0) is 42.7 Å². The second-order valence-corrected chi connectivity index (χ2v) is 8.20. The number of aromatic hydroxyl groups is 1. The van der Waals surface area contributed by atoms with Crippen LogP contribution in [0.4, 0.5) is 10.8 Å². The molecule has 8 heteroatoms. The van der Waals surface area contributed by atoms with Crippen molar-refractivity contribution in [2.24, 2.45) is 10.2 Å². The molecule has 3 N–H and O–H groups in total. The quantitative estimate of drug-likeness (QED) is 0.368. The van der Waals surface area contributed by atoms with Crippen LogP contribution in [0.3, 0.4) is 0 Å². The van der Waals surface area contributed by atoms with Gasteiger partial charge in [0.15, 0.2) is 10.8 Å². The number of nitrogens with one attached hydrogen (secondary N) is 2. The van der Waals surface area contributed by atoms with Crippen molar-refractivity contribution < 1.29 is 9.90 Å². The molecule has 148 valence electrons. The molecule has 0 unspecified atom stereocenters. The zero-order valence-corrected chi connectivity index (χ0v) is 17.1. The fraction of sp³-hybridized carbons (Fsp3) is 0.238. The molecule has 1 amide bonds. The van der Waals surface area contributed by atoms with Crippen molar-refractivity contribution >= 4 is 49.2 Å². The maximum Gasteiger partial charge on any atom is 0.286 e. The summed E-state index contributed by atoms with van der Waals surface area (Å²) in [6, 6.07) is 13.0. The van der Waals surface area contributed by atoms with E-state index in [4.69, 9.17) is 0 Å². The first-order valence-corrected chi connectivity index (χ1v) is 10.2. The van der Waals surface area contributed by atoms with Gasteiger partial charge >= 0.3 is 0 Å². The number of fused-ring (bicyclic) bond motifs is 2. The second kappa shape index (κ2) is 7.63. The largest absolute Gasteiger partial charge is 0.493 e. The van der Waals surface area contributed by atoms with Gasteiger partial charge in [0.1, 0.15) is 6.04 Å². The summed E-state index contributed by atoms with van der Waals surface area (Å²) in [7, 11) is 0. The second-order valence-electron chi connectivity index (χ2n) is 7.17. The van der Waals surface area contributed by atoms with Crippen LogP contribution in [-0.4, -0.2) is 27.0 Å². The highest BCUT2D eigenvalue weighted by Crippen LogP contribution is 2.37. The van der Waals surface area contributed by atoms with Gasteiger partial charge in [0.2, 0.25) is 5.88 Å². The lowest BCUT2D eigenvalue weighted by atomic mass is 10.0. The van der Waals surface area contributed by atoms with Gasteiger partial charge < -0.3 is 15.4 Å². The van der Waals surface area contributed by atoms with Crippen molar-refractivity contribution in [3.8, 4) is 5.88 Å². The van der Waals surface area contributed by atoms with Crippen molar-refractivity contribution in [3.63, 3.8) is 0 Å². The zero-order valence-electron chi connectivity index (χ0n) is 16.3. The van der Waals surface area contributed by atoms with E-state index < -0.39 is 11.9 Å². The van der Waals surface area contributed by atoms with Crippen molar-refractivity contribution in [1.82, 2.24) is 9.97 Å². The van der Waals surface area contributed by atoms with Crippen LogP contribution in [0, 0.1) is 0 Å². The van der Waals surface area contributed by atoms with E-state index in [2.05, 4.69) is 39.4 Å². The summed E-state index contributed by atoms with van der Waals surface area (Å²) in [5, 5.41) is 22.5. The number of hydrogen-bond acceptors (Lipinski definition) is 6. The minimum absolute atomic E-state index is 0.107. The van der Waals surface area contributed by atoms with Gasteiger partial charge in [-0.15, -0.1) is 10.2 Å². The number of amides is 1. The smallest absolute Gasteiger partial charge is 0.286 e. The maximum absolute atomic E-state index is 12.4. The van der Waals surface area contributed by atoms with E-state index in [1.807, 2.05) is 42.5 Å². The van der Waals surface area contributed by atoms with Gasteiger partial charge in [0.05, 0.1) is 15.7 Å².